The van der Waals surface area contributed by atoms with E-state index in [4.69, 9.17) is 4.74 Å². The Morgan fingerprint density at radius 2 is 2.12 bits per heavy atom. The minimum atomic E-state index is -0.696. The Balaban J connectivity index is 1.26. The number of hydrogen-bond donors (Lipinski definition) is 1. The highest BCUT2D eigenvalue weighted by molar-refractivity contribution is 5.93. The van der Waals surface area contributed by atoms with E-state index >= 15 is 0 Å². The summed E-state index contributed by atoms with van der Waals surface area (Å²) in [5.41, 5.74) is 1.36. The number of nitrogens with zero attached hydrogens (tertiary/aromatic N) is 4. The van der Waals surface area contributed by atoms with E-state index in [0.29, 0.717) is 12.2 Å². The van der Waals surface area contributed by atoms with Gasteiger partial charge in [-0.05, 0) is 36.9 Å². The predicted octanol–water partition coefficient (Wildman–Crippen LogP) is 0.874. The van der Waals surface area contributed by atoms with Crippen LogP contribution >= 0.6 is 0 Å². The largest absolute Gasteiger partial charge is 0.360 e. The van der Waals surface area contributed by atoms with Crippen molar-refractivity contribution in [3.05, 3.63) is 58.5 Å². The van der Waals surface area contributed by atoms with Gasteiger partial charge in [-0.3, -0.25) is 9.59 Å². The molecule has 3 aliphatic rings. The first-order valence-electron chi connectivity index (χ1n) is 11.2. The molecule has 5 atom stereocenters. The van der Waals surface area contributed by atoms with Gasteiger partial charge in [0.2, 0.25) is 11.8 Å². The first-order chi connectivity index (χ1) is 15.8. The van der Waals surface area contributed by atoms with Crippen LogP contribution in [-0.2, 0) is 20.9 Å². The van der Waals surface area contributed by atoms with Crippen molar-refractivity contribution in [2.45, 2.75) is 38.1 Å². The second-order valence-corrected chi connectivity index (χ2v) is 9.51. The maximum absolute atomic E-state index is 13.2. The summed E-state index contributed by atoms with van der Waals surface area (Å²) in [6.45, 7) is 4.45. The minimum absolute atomic E-state index is 0.0615. The van der Waals surface area contributed by atoms with Gasteiger partial charge in [-0.1, -0.05) is 30.4 Å². The molecular weight excluding hydrogens is 422 g/mol. The first kappa shape index (κ1) is 20.2. The van der Waals surface area contributed by atoms with Crippen LogP contribution in [0.1, 0.15) is 12.5 Å². The second kappa shape index (κ2) is 6.77. The van der Waals surface area contributed by atoms with Crippen LogP contribution in [0.15, 0.2) is 47.3 Å². The first-order valence-corrected chi connectivity index (χ1v) is 11.2. The van der Waals surface area contributed by atoms with Crippen LogP contribution in [0, 0.1) is 18.8 Å². The van der Waals surface area contributed by atoms with Gasteiger partial charge in [0, 0.05) is 13.1 Å². The maximum atomic E-state index is 13.2. The van der Waals surface area contributed by atoms with Crippen LogP contribution < -0.4 is 11.0 Å². The number of carbonyl (C=O) groups is 2. The van der Waals surface area contributed by atoms with E-state index in [1.807, 2.05) is 56.3 Å². The van der Waals surface area contributed by atoms with Gasteiger partial charge in [0.25, 0.3) is 0 Å². The third-order valence-electron chi connectivity index (χ3n) is 7.17. The number of para-hydroxylation sites is 1. The smallest absolute Gasteiger partial charge is 0.350 e. The van der Waals surface area contributed by atoms with E-state index in [1.54, 1.807) is 16.3 Å². The molecule has 1 aromatic carbocycles. The zero-order valence-corrected chi connectivity index (χ0v) is 18.7. The van der Waals surface area contributed by atoms with Gasteiger partial charge < -0.3 is 15.0 Å². The molecule has 3 aliphatic heterocycles. The highest BCUT2D eigenvalue weighted by atomic mass is 16.5. The summed E-state index contributed by atoms with van der Waals surface area (Å²) in [4.78, 5) is 40.7. The lowest BCUT2D eigenvalue weighted by atomic mass is 9.76. The fraction of sp³-hybridized carbons (Fsp3) is 0.417. The molecule has 1 spiro atoms. The Morgan fingerprint density at radius 3 is 2.94 bits per heavy atom. The Labute approximate surface area is 189 Å². The maximum Gasteiger partial charge on any atom is 0.350 e. The molecule has 0 aliphatic carbocycles. The van der Waals surface area contributed by atoms with Crippen molar-refractivity contribution in [1.82, 2.24) is 24.4 Å². The number of ether oxygens (including phenoxy) is 1. The van der Waals surface area contributed by atoms with Crippen LogP contribution in [0.5, 0.6) is 0 Å². The lowest BCUT2D eigenvalue weighted by molar-refractivity contribution is -0.137. The van der Waals surface area contributed by atoms with Gasteiger partial charge in [-0.2, -0.15) is 0 Å². The number of likely N-dealkylation sites (N-methyl/N-ethyl adjacent to an activating group) is 1. The van der Waals surface area contributed by atoms with Crippen molar-refractivity contribution in [3.63, 3.8) is 0 Å². The van der Waals surface area contributed by atoms with Crippen molar-refractivity contribution in [1.29, 1.82) is 0 Å². The zero-order valence-electron chi connectivity index (χ0n) is 18.7. The van der Waals surface area contributed by atoms with Crippen molar-refractivity contribution < 1.29 is 14.3 Å². The number of pyridine rings is 1. The summed E-state index contributed by atoms with van der Waals surface area (Å²) < 4.78 is 9.08. The number of likely N-dealkylation sites (tertiary alicyclic amines) is 1. The number of aromatic nitrogens is 3. The Morgan fingerprint density at radius 1 is 1.33 bits per heavy atom. The van der Waals surface area contributed by atoms with E-state index in [9.17, 15) is 14.4 Å². The molecule has 2 aromatic heterocycles. The van der Waals surface area contributed by atoms with Gasteiger partial charge >= 0.3 is 5.69 Å². The summed E-state index contributed by atoms with van der Waals surface area (Å²) in [7, 11) is 1.74. The van der Waals surface area contributed by atoms with Gasteiger partial charge in [-0.25, -0.2) is 13.9 Å². The van der Waals surface area contributed by atoms with Crippen LogP contribution in [0.2, 0.25) is 0 Å². The number of carbonyl (C=O) groups excluding carboxylic acids is 2. The molecule has 2 amide bonds. The predicted molar refractivity (Wildman–Crippen MR) is 121 cm³/mol. The Hall–Kier alpha value is -3.46. The van der Waals surface area contributed by atoms with Crippen molar-refractivity contribution in [3.8, 4) is 0 Å². The highest BCUT2D eigenvalue weighted by Crippen LogP contribution is 2.51. The van der Waals surface area contributed by atoms with Gasteiger partial charge in [-0.15, -0.1) is 5.10 Å². The summed E-state index contributed by atoms with van der Waals surface area (Å²) in [6, 6.07) is 9.35. The van der Waals surface area contributed by atoms with E-state index in [-0.39, 0.29) is 30.1 Å². The molecular formula is C24H25N5O4. The summed E-state index contributed by atoms with van der Waals surface area (Å²) in [6.07, 6.45) is 3.42. The second-order valence-electron chi connectivity index (χ2n) is 9.51. The third-order valence-corrected chi connectivity index (χ3v) is 7.17. The number of nitrogens with one attached hydrogen (secondary N) is 1. The number of amides is 2. The number of hydrogen-bond acceptors (Lipinski definition) is 5. The number of rotatable bonds is 4. The topological polar surface area (TPSA) is 97.9 Å². The molecule has 33 heavy (non-hydrogen) atoms. The fourth-order valence-corrected chi connectivity index (χ4v) is 5.75. The van der Waals surface area contributed by atoms with Crippen LogP contribution in [0.3, 0.4) is 0 Å². The Bertz CT molecular complexity index is 1420. The number of fused-ring (bicyclic) bond motifs is 4. The van der Waals surface area contributed by atoms with E-state index in [0.717, 1.165) is 16.5 Å². The average Bonchev–Trinajstić information content (AvgIpc) is 3.48. The third kappa shape index (κ3) is 2.75. The zero-order chi connectivity index (χ0) is 23.1. The summed E-state index contributed by atoms with van der Waals surface area (Å²) in [5.74, 6) is -1.37. The molecule has 1 N–H and O–H groups in total. The van der Waals surface area contributed by atoms with E-state index < -0.39 is 23.5 Å². The molecule has 9 nitrogen and oxygen atoms in total. The minimum Gasteiger partial charge on any atom is -0.360 e. The van der Waals surface area contributed by atoms with E-state index in [2.05, 4.69) is 10.4 Å². The fourth-order valence-electron chi connectivity index (χ4n) is 5.75. The average molecular weight is 447 g/mol. The van der Waals surface area contributed by atoms with Crippen molar-refractivity contribution in [2.24, 2.45) is 11.8 Å². The van der Waals surface area contributed by atoms with Crippen molar-refractivity contribution >= 4 is 28.4 Å². The molecule has 9 heteroatoms. The quantitative estimate of drug-likeness (QED) is 0.599. The molecule has 0 radical (unpaired) electrons. The molecule has 0 unspecified atom stereocenters. The van der Waals surface area contributed by atoms with Gasteiger partial charge in [0.15, 0.2) is 5.65 Å². The standard InChI is InChI=1S/C24H25N5O4/c1-13-10-15-6-4-5-7-16(15)29-20(13)26-28(23(29)32)11-14(2)25-21(30)18-17-8-9-24(33-17)12-27(3)22(31)19(18)24/h4-10,14,17-19H,11-12H2,1-3H3,(H,25,30)/t14-,17+,18+,19+,24-/m0/s1. The van der Waals surface area contributed by atoms with Crippen molar-refractivity contribution in [2.75, 3.05) is 13.6 Å². The molecule has 5 heterocycles. The van der Waals surface area contributed by atoms with Gasteiger partial charge in [0.05, 0.1) is 36.5 Å². The molecule has 2 saturated heterocycles. The monoisotopic (exact) mass is 447 g/mol. The molecule has 2 bridgehead atoms. The molecule has 2 fully saturated rings. The lowest BCUT2D eigenvalue weighted by Crippen LogP contribution is -2.47. The lowest BCUT2D eigenvalue weighted by Gasteiger charge is -2.25. The van der Waals surface area contributed by atoms with Crippen LogP contribution in [0.25, 0.3) is 16.6 Å². The normalized spacial score (nSPS) is 28.8. The number of benzene rings is 1. The molecule has 6 rings (SSSR count). The van der Waals surface area contributed by atoms with Crippen LogP contribution in [0.4, 0.5) is 0 Å². The highest BCUT2D eigenvalue weighted by Gasteiger charge is 2.66. The molecule has 3 aromatic rings. The SMILES string of the molecule is Cc1cc2ccccc2n2c(=O)n(C[C@H](C)NC(=O)[C@@H]3[C@H]4C=C[C@@]5(CN(C)C(=O)[C@@H]35)O4)nc12. The summed E-state index contributed by atoms with van der Waals surface area (Å²) >= 11 is 0. The molecule has 0 saturated carbocycles. The number of aryl methyl sites for hydroxylation is 1. The van der Waals surface area contributed by atoms with Crippen LogP contribution in [-0.4, -0.2) is 62.2 Å². The Kier molecular flexibility index (Phi) is 4.14. The molecule has 170 valence electrons. The van der Waals surface area contributed by atoms with E-state index in [1.165, 1.54) is 4.68 Å². The summed E-state index contributed by atoms with van der Waals surface area (Å²) in [5, 5.41) is 8.50. The van der Waals surface area contributed by atoms with Gasteiger partial charge in [0.1, 0.15) is 5.60 Å².